The number of benzene rings is 1. The largest absolute Gasteiger partial charge is 0.508 e. The average molecular weight is 538 g/mol. The minimum atomic E-state index is -1.39. The van der Waals surface area contributed by atoms with Gasteiger partial charge in [0.15, 0.2) is 0 Å². The van der Waals surface area contributed by atoms with Crippen LogP contribution in [0.5, 0.6) is 5.75 Å². The molecule has 1 saturated heterocycles. The molecule has 0 spiro atoms. The molecule has 0 aliphatic carbocycles. The maximum Gasteiger partial charge on any atom is 0.326 e. The zero-order chi connectivity index (χ0) is 27.5. The van der Waals surface area contributed by atoms with Crippen LogP contribution < -0.4 is 22.1 Å². The second-order valence-corrected chi connectivity index (χ2v) is 9.90. The van der Waals surface area contributed by atoms with Gasteiger partial charge in [-0.1, -0.05) is 12.1 Å². The van der Waals surface area contributed by atoms with Gasteiger partial charge < -0.3 is 37.2 Å². The SMILES string of the molecule is CSCCC(N)C(=O)N1CCCC1C(=O)NC(Cc1ccc(O)cc1)C(=O)NC(CCC(N)=O)C(=O)O. The molecular formula is C24H35N5O7S. The third-order valence-corrected chi connectivity index (χ3v) is 6.74. The number of carboxylic acid groups (broad SMARTS) is 1. The van der Waals surface area contributed by atoms with Gasteiger partial charge in [-0.25, -0.2) is 4.79 Å². The normalized spacial score (nSPS) is 17.5. The fourth-order valence-electron chi connectivity index (χ4n) is 4.05. The first-order valence-corrected chi connectivity index (χ1v) is 13.4. The molecule has 0 radical (unpaired) electrons. The number of thioether (sulfide) groups is 1. The molecular weight excluding hydrogens is 502 g/mol. The predicted octanol–water partition coefficient (Wildman–Crippen LogP) is -0.674. The predicted molar refractivity (Wildman–Crippen MR) is 137 cm³/mol. The molecule has 12 nitrogen and oxygen atoms in total. The van der Waals surface area contributed by atoms with E-state index in [-0.39, 0.29) is 30.9 Å². The van der Waals surface area contributed by atoms with Crippen LogP contribution in [-0.2, 0) is 30.4 Å². The lowest BCUT2D eigenvalue weighted by Crippen LogP contribution is -2.57. The molecule has 8 N–H and O–H groups in total. The molecule has 1 aromatic rings. The van der Waals surface area contributed by atoms with Crippen molar-refractivity contribution in [1.82, 2.24) is 15.5 Å². The van der Waals surface area contributed by atoms with Gasteiger partial charge in [0.1, 0.15) is 23.9 Å². The number of nitrogens with one attached hydrogen (secondary N) is 2. The highest BCUT2D eigenvalue weighted by molar-refractivity contribution is 7.98. The number of amides is 4. The van der Waals surface area contributed by atoms with Gasteiger partial charge >= 0.3 is 5.97 Å². The first kappa shape index (κ1) is 29.9. The zero-order valence-corrected chi connectivity index (χ0v) is 21.5. The monoisotopic (exact) mass is 537 g/mol. The summed E-state index contributed by atoms with van der Waals surface area (Å²) in [6.45, 7) is 0.368. The maximum atomic E-state index is 13.2. The summed E-state index contributed by atoms with van der Waals surface area (Å²) in [5.41, 5.74) is 11.7. The van der Waals surface area contributed by atoms with Crippen LogP contribution in [0.25, 0.3) is 0 Å². The van der Waals surface area contributed by atoms with E-state index in [1.54, 1.807) is 23.9 Å². The lowest BCUT2D eigenvalue weighted by molar-refractivity contribution is -0.143. The number of hydrogen-bond acceptors (Lipinski definition) is 8. The molecule has 37 heavy (non-hydrogen) atoms. The Labute approximate surface area is 219 Å². The van der Waals surface area contributed by atoms with E-state index >= 15 is 0 Å². The second-order valence-electron chi connectivity index (χ2n) is 8.91. The van der Waals surface area contributed by atoms with Gasteiger partial charge in [0.05, 0.1) is 6.04 Å². The summed E-state index contributed by atoms with van der Waals surface area (Å²) in [7, 11) is 0. The number of rotatable bonds is 14. The molecule has 4 atom stereocenters. The molecule has 1 aliphatic rings. The molecule has 0 bridgehead atoms. The van der Waals surface area contributed by atoms with E-state index in [0.29, 0.717) is 37.1 Å². The van der Waals surface area contributed by atoms with E-state index in [2.05, 4.69) is 10.6 Å². The summed E-state index contributed by atoms with van der Waals surface area (Å²) < 4.78 is 0. The van der Waals surface area contributed by atoms with Crippen LogP contribution >= 0.6 is 11.8 Å². The third-order valence-electron chi connectivity index (χ3n) is 6.09. The van der Waals surface area contributed by atoms with Gasteiger partial charge in [-0.15, -0.1) is 0 Å². The van der Waals surface area contributed by atoms with Crippen LogP contribution in [0.2, 0.25) is 0 Å². The molecule has 13 heteroatoms. The lowest BCUT2D eigenvalue weighted by Gasteiger charge is -2.28. The zero-order valence-electron chi connectivity index (χ0n) is 20.7. The van der Waals surface area contributed by atoms with E-state index in [4.69, 9.17) is 11.5 Å². The molecule has 0 saturated carbocycles. The molecule has 0 aromatic heterocycles. The van der Waals surface area contributed by atoms with Crippen molar-refractivity contribution in [3.05, 3.63) is 29.8 Å². The van der Waals surface area contributed by atoms with Crippen molar-refractivity contribution >= 4 is 41.4 Å². The number of phenols is 1. The molecule has 204 valence electrons. The second kappa shape index (κ2) is 14.4. The Kier molecular flexibility index (Phi) is 11.7. The van der Waals surface area contributed by atoms with Crippen LogP contribution in [0.4, 0.5) is 0 Å². The quantitative estimate of drug-likeness (QED) is 0.178. The number of carbonyl (C=O) groups excluding carboxylic acids is 4. The van der Waals surface area contributed by atoms with Gasteiger partial charge in [-0.05, 0) is 55.4 Å². The molecule has 1 fully saturated rings. The standard InChI is InChI=1S/C24H35N5O7S/c1-37-12-10-16(25)23(34)29-11-2-3-19(29)22(33)28-18(13-14-4-6-15(30)7-5-14)21(32)27-17(24(35)36)8-9-20(26)31/h4-7,16-19,30H,2-3,8-13,25H2,1H3,(H2,26,31)(H,27,32)(H,28,33)(H,35,36). The Balaban J connectivity index is 2.19. The van der Waals surface area contributed by atoms with Crippen LogP contribution in [-0.4, -0.2) is 87.4 Å². The van der Waals surface area contributed by atoms with Crippen molar-refractivity contribution in [3.8, 4) is 5.75 Å². The Morgan fingerprint density at radius 1 is 1.11 bits per heavy atom. The number of primary amides is 1. The van der Waals surface area contributed by atoms with Crippen LogP contribution in [0.3, 0.4) is 0 Å². The smallest absolute Gasteiger partial charge is 0.326 e. The molecule has 4 unspecified atom stereocenters. The Morgan fingerprint density at radius 3 is 2.38 bits per heavy atom. The highest BCUT2D eigenvalue weighted by Crippen LogP contribution is 2.20. The first-order chi connectivity index (χ1) is 17.5. The number of carboxylic acids is 1. The number of likely N-dealkylation sites (tertiary alicyclic amines) is 1. The van der Waals surface area contributed by atoms with Crippen LogP contribution in [0, 0.1) is 0 Å². The highest BCUT2D eigenvalue weighted by atomic mass is 32.2. The molecule has 2 rings (SSSR count). The summed E-state index contributed by atoms with van der Waals surface area (Å²) >= 11 is 1.56. The van der Waals surface area contributed by atoms with Gasteiger partial charge in [0, 0.05) is 19.4 Å². The number of hydrogen-bond donors (Lipinski definition) is 6. The molecule has 4 amide bonds. The van der Waals surface area contributed by atoms with Crippen LogP contribution in [0.15, 0.2) is 24.3 Å². The van der Waals surface area contributed by atoms with Gasteiger partial charge in [0.2, 0.25) is 23.6 Å². The highest BCUT2D eigenvalue weighted by Gasteiger charge is 2.38. The first-order valence-electron chi connectivity index (χ1n) is 12.0. The maximum absolute atomic E-state index is 13.2. The number of aromatic hydroxyl groups is 1. The van der Waals surface area contributed by atoms with Crippen molar-refractivity contribution < 1.29 is 34.2 Å². The van der Waals surface area contributed by atoms with Gasteiger partial charge in [-0.3, -0.25) is 19.2 Å². The minimum Gasteiger partial charge on any atom is -0.508 e. The summed E-state index contributed by atoms with van der Waals surface area (Å²) in [5.74, 6) is -3.00. The lowest BCUT2D eigenvalue weighted by atomic mass is 10.0. The van der Waals surface area contributed by atoms with E-state index < -0.39 is 47.9 Å². The fraction of sp³-hybridized carbons (Fsp3) is 0.542. The number of nitrogens with two attached hydrogens (primary N) is 2. The minimum absolute atomic E-state index is 0.00604. The third kappa shape index (κ3) is 9.25. The fourth-order valence-corrected chi connectivity index (χ4v) is 4.54. The Morgan fingerprint density at radius 2 is 1.78 bits per heavy atom. The Bertz CT molecular complexity index is 975. The molecule has 1 aromatic carbocycles. The van der Waals surface area contributed by atoms with E-state index in [9.17, 15) is 34.2 Å². The average Bonchev–Trinajstić information content (AvgIpc) is 3.35. The van der Waals surface area contributed by atoms with Crippen molar-refractivity contribution in [2.45, 2.75) is 62.7 Å². The van der Waals surface area contributed by atoms with Crippen molar-refractivity contribution in [2.75, 3.05) is 18.6 Å². The van der Waals surface area contributed by atoms with Crippen LogP contribution in [0.1, 0.15) is 37.7 Å². The van der Waals surface area contributed by atoms with Gasteiger partial charge in [-0.2, -0.15) is 11.8 Å². The number of aliphatic carboxylic acids is 1. The summed E-state index contributed by atoms with van der Waals surface area (Å²) in [4.78, 5) is 63.4. The number of nitrogens with zero attached hydrogens (tertiary/aromatic N) is 1. The van der Waals surface area contributed by atoms with Crippen molar-refractivity contribution in [1.29, 1.82) is 0 Å². The topological polar surface area (TPSA) is 205 Å². The summed E-state index contributed by atoms with van der Waals surface area (Å²) in [6, 6.07) is 1.86. The summed E-state index contributed by atoms with van der Waals surface area (Å²) in [5, 5.41) is 24.0. The van der Waals surface area contributed by atoms with Gasteiger partial charge in [0.25, 0.3) is 0 Å². The van der Waals surface area contributed by atoms with E-state index in [1.807, 2.05) is 6.26 Å². The van der Waals surface area contributed by atoms with Crippen molar-refractivity contribution in [2.24, 2.45) is 11.5 Å². The Hall–Kier alpha value is -3.32. The van der Waals surface area contributed by atoms with Crippen molar-refractivity contribution in [3.63, 3.8) is 0 Å². The number of phenolic OH excluding ortho intramolecular Hbond substituents is 1. The van der Waals surface area contributed by atoms with E-state index in [0.717, 1.165) is 0 Å². The molecule has 1 aliphatic heterocycles. The van der Waals surface area contributed by atoms with E-state index in [1.165, 1.54) is 17.0 Å². The number of carbonyl (C=O) groups is 5. The molecule has 1 heterocycles. The summed E-state index contributed by atoms with van der Waals surface area (Å²) in [6.07, 6.45) is 2.91.